The van der Waals surface area contributed by atoms with Gasteiger partial charge in [0.25, 0.3) is 5.69 Å². The van der Waals surface area contributed by atoms with E-state index in [0.29, 0.717) is 28.9 Å². The molecular formula is C20H27N3O4. The van der Waals surface area contributed by atoms with Gasteiger partial charge in [0.2, 0.25) is 0 Å². The van der Waals surface area contributed by atoms with Crippen molar-refractivity contribution in [2.45, 2.75) is 27.7 Å². The number of hydrogen-bond donors (Lipinski definition) is 0. The molecule has 1 heterocycles. The van der Waals surface area contributed by atoms with Crippen molar-refractivity contribution < 1.29 is 14.5 Å². The van der Waals surface area contributed by atoms with Crippen molar-refractivity contribution in [2.75, 3.05) is 25.1 Å². The molecule has 0 saturated carbocycles. The maximum Gasteiger partial charge on any atom is 0.355 e. The van der Waals surface area contributed by atoms with Gasteiger partial charge in [-0.15, -0.1) is 0 Å². The van der Waals surface area contributed by atoms with E-state index in [9.17, 15) is 14.9 Å². The summed E-state index contributed by atoms with van der Waals surface area (Å²) in [5, 5.41) is 11.8. The monoisotopic (exact) mass is 373 g/mol. The summed E-state index contributed by atoms with van der Waals surface area (Å²) in [6.07, 6.45) is 1.69. The lowest BCUT2D eigenvalue weighted by atomic mass is 10.1. The second-order valence-electron chi connectivity index (χ2n) is 7.38. The van der Waals surface area contributed by atoms with Crippen molar-refractivity contribution >= 4 is 17.3 Å². The largest absolute Gasteiger partial charge is 0.464 e. The zero-order valence-electron chi connectivity index (χ0n) is 16.5. The molecule has 0 N–H and O–H groups in total. The van der Waals surface area contributed by atoms with E-state index in [1.165, 1.54) is 13.2 Å². The van der Waals surface area contributed by atoms with Gasteiger partial charge in [-0.25, -0.2) is 4.79 Å². The molecule has 0 spiro atoms. The Morgan fingerprint density at radius 2 is 1.81 bits per heavy atom. The molecule has 146 valence electrons. The van der Waals surface area contributed by atoms with Crippen molar-refractivity contribution in [1.82, 2.24) is 4.57 Å². The molecule has 0 atom stereocenters. The number of anilines is 1. The van der Waals surface area contributed by atoms with Crippen LogP contribution in [0.15, 0.2) is 36.5 Å². The third kappa shape index (κ3) is 4.87. The molecule has 0 aliphatic heterocycles. The number of hydrogen-bond acceptors (Lipinski definition) is 5. The van der Waals surface area contributed by atoms with Crippen LogP contribution in [0.3, 0.4) is 0 Å². The number of methoxy groups -OCH3 is 1. The van der Waals surface area contributed by atoms with Crippen LogP contribution in [-0.2, 0) is 4.74 Å². The van der Waals surface area contributed by atoms with Crippen LogP contribution in [0.1, 0.15) is 38.2 Å². The van der Waals surface area contributed by atoms with E-state index in [1.807, 2.05) is 0 Å². The van der Waals surface area contributed by atoms with Gasteiger partial charge in [-0.1, -0.05) is 27.7 Å². The lowest BCUT2D eigenvalue weighted by molar-refractivity contribution is -0.384. The van der Waals surface area contributed by atoms with E-state index < -0.39 is 5.97 Å². The van der Waals surface area contributed by atoms with Gasteiger partial charge in [0.15, 0.2) is 0 Å². The number of carbonyl (C=O) groups excluding carboxylic acids is 1. The standard InChI is InChI=1S/C20H27N3O4/c1-14(2)12-21(13-15(3)4)17-9-8-16(11-19(17)23(25)26)22-10-6-7-18(22)20(24)27-5/h6-11,14-15H,12-13H2,1-5H3. The minimum Gasteiger partial charge on any atom is -0.464 e. The smallest absolute Gasteiger partial charge is 0.355 e. The molecule has 7 heteroatoms. The molecule has 0 aliphatic carbocycles. The van der Waals surface area contributed by atoms with E-state index >= 15 is 0 Å². The highest BCUT2D eigenvalue weighted by atomic mass is 16.6. The summed E-state index contributed by atoms with van der Waals surface area (Å²) >= 11 is 0. The average molecular weight is 373 g/mol. The maximum atomic E-state index is 11.9. The molecule has 0 amide bonds. The molecule has 0 aliphatic rings. The number of carbonyl (C=O) groups is 1. The fourth-order valence-electron chi connectivity index (χ4n) is 3.11. The van der Waals surface area contributed by atoms with Gasteiger partial charge in [0.1, 0.15) is 11.4 Å². The van der Waals surface area contributed by atoms with Gasteiger partial charge in [-0.05, 0) is 36.1 Å². The fraction of sp³-hybridized carbons (Fsp3) is 0.450. The first-order valence-corrected chi connectivity index (χ1v) is 9.04. The number of nitro benzene ring substituents is 1. The zero-order valence-corrected chi connectivity index (χ0v) is 16.5. The van der Waals surface area contributed by atoms with Gasteiger partial charge in [-0.3, -0.25) is 10.1 Å². The Balaban J connectivity index is 2.52. The van der Waals surface area contributed by atoms with Crippen LogP contribution < -0.4 is 4.90 Å². The maximum absolute atomic E-state index is 11.9. The van der Waals surface area contributed by atoms with Crippen LogP contribution in [0.25, 0.3) is 5.69 Å². The second kappa shape index (κ2) is 8.70. The zero-order chi connectivity index (χ0) is 20.1. The Kier molecular flexibility index (Phi) is 6.60. The molecule has 0 saturated heterocycles. The average Bonchev–Trinajstić information content (AvgIpc) is 3.08. The Bertz CT molecular complexity index is 801. The summed E-state index contributed by atoms with van der Waals surface area (Å²) in [7, 11) is 1.31. The number of aromatic nitrogens is 1. The first-order valence-electron chi connectivity index (χ1n) is 9.04. The number of nitro groups is 1. The fourth-order valence-corrected chi connectivity index (χ4v) is 3.11. The minimum atomic E-state index is -0.493. The third-order valence-corrected chi connectivity index (χ3v) is 4.09. The molecule has 0 bridgehead atoms. The molecule has 0 radical (unpaired) electrons. The van der Waals surface area contributed by atoms with Gasteiger partial charge in [-0.2, -0.15) is 0 Å². The molecule has 0 fully saturated rings. The highest BCUT2D eigenvalue weighted by molar-refractivity contribution is 5.88. The lowest BCUT2D eigenvalue weighted by Crippen LogP contribution is -2.31. The summed E-state index contributed by atoms with van der Waals surface area (Å²) in [6, 6.07) is 8.39. The normalized spacial score (nSPS) is 11.1. The van der Waals surface area contributed by atoms with Crippen LogP contribution in [-0.4, -0.2) is 35.7 Å². The number of ether oxygens (including phenoxy) is 1. The van der Waals surface area contributed by atoms with E-state index in [2.05, 4.69) is 32.6 Å². The van der Waals surface area contributed by atoms with E-state index in [-0.39, 0.29) is 10.6 Å². The Morgan fingerprint density at radius 3 is 2.33 bits per heavy atom. The van der Waals surface area contributed by atoms with Crippen LogP contribution in [0.5, 0.6) is 0 Å². The number of rotatable bonds is 8. The Morgan fingerprint density at radius 1 is 1.19 bits per heavy atom. The predicted octanol–water partition coefficient (Wildman–Crippen LogP) is 4.29. The van der Waals surface area contributed by atoms with E-state index in [0.717, 1.165) is 13.1 Å². The molecular weight excluding hydrogens is 346 g/mol. The summed E-state index contributed by atoms with van der Waals surface area (Å²) in [5.74, 6) is 0.254. The highest BCUT2D eigenvalue weighted by Gasteiger charge is 2.23. The van der Waals surface area contributed by atoms with Crippen molar-refractivity contribution in [3.63, 3.8) is 0 Å². The summed E-state index contributed by atoms with van der Waals surface area (Å²) in [4.78, 5) is 25.4. The Labute approximate surface area is 159 Å². The molecule has 7 nitrogen and oxygen atoms in total. The number of nitrogens with zero attached hydrogens (tertiary/aromatic N) is 3. The predicted molar refractivity (Wildman–Crippen MR) is 106 cm³/mol. The third-order valence-electron chi connectivity index (χ3n) is 4.09. The number of benzene rings is 1. The van der Waals surface area contributed by atoms with Gasteiger partial charge >= 0.3 is 5.97 Å². The van der Waals surface area contributed by atoms with E-state index in [4.69, 9.17) is 4.74 Å². The first kappa shape index (κ1) is 20.5. The van der Waals surface area contributed by atoms with Crippen molar-refractivity contribution in [3.8, 4) is 5.69 Å². The number of esters is 1. The van der Waals surface area contributed by atoms with Gasteiger partial charge < -0.3 is 14.2 Å². The van der Waals surface area contributed by atoms with E-state index in [1.54, 1.807) is 35.0 Å². The van der Waals surface area contributed by atoms with Gasteiger partial charge in [0.05, 0.1) is 17.7 Å². The summed E-state index contributed by atoms with van der Waals surface area (Å²) < 4.78 is 6.38. The van der Waals surface area contributed by atoms with Crippen LogP contribution in [0, 0.1) is 22.0 Å². The van der Waals surface area contributed by atoms with Crippen molar-refractivity contribution in [1.29, 1.82) is 0 Å². The van der Waals surface area contributed by atoms with Crippen LogP contribution >= 0.6 is 0 Å². The SMILES string of the molecule is COC(=O)c1cccn1-c1ccc(N(CC(C)C)CC(C)C)c([N+](=O)[O-])c1. The summed E-state index contributed by atoms with van der Waals surface area (Å²) in [5.41, 5.74) is 1.49. The molecule has 27 heavy (non-hydrogen) atoms. The molecule has 2 aromatic rings. The van der Waals surface area contributed by atoms with Gasteiger partial charge in [0, 0.05) is 25.4 Å². The summed E-state index contributed by atoms with van der Waals surface area (Å²) in [6.45, 7) is 9.84. The topological polar surface area (TPSA) is 77.6 Å². The molecule has 2 rings (SSSR count). The highest BCUT2D eigenvalue weighted by Crippen LogP contribution is 2.32. The quantitative estimate of drug-likeness (QED) is 0.392. The van der Waals surface area contributed by atoms with Crippen molar-refractivity contribution in [2.24, 2.45) is 11.8 Å². The molecule has 1 aromatic heterocycles. The van der Waals surface area contributed by atoms with Crippen LogP contribution in [0.2, 0.25) is 0 Å². The second-order valence-corrected chi connectivity index (χ2v) is 7.38. The lowest BCUT2D eigenvalue weighted by Gasteiger charge is -2.28. The Hall–Kier alpha value is -2.83. The molecule has 0 unspecified atom stereocenters. The van der Waals surface area contributed by atoms with Crippen molar-refractivity contribution in [3.05, 3.63) is 52.3 Å². The molecule has 1 aromatic carbocycles. The van der Waals surface area contributed by atoms with Crippen LogP contribution in [0.4, 0.5) is 11.4 Å². The minimum absolute atomic E-state index is 0.0262. The first-order chi connectivity index (χ1) is 12.7.